The average molecular weight is 420 g/mol. The number of hydrogen-bond donors (Lipinski definition) is 0. The summed E-state index contributed by atoms with van der Waals surface area (Å²) >= 11 is 0. The van der Waals surface area contributed by atoms with Gasteiger partial charge in [-0.05, 0) is 31.4 Å². The summed E-state index contributed by atoms with van der Waals surface area (Å²) in [5, 5.41) is 0. The topological polar surface area (TPSA) is 52.9 Å². The molecule has 2 heterocycles. The summed E-state index contributed by atoms with van der Waals surface area (Å²) < 4.78 is 0. The Balaban J connectivity index is 0.00000225. The number of nitrogens with zero attached hydrogens (tertiary/aromatic N) is 4. The van der Waals surface area contributed by atoms with Crippen LogP contribution in [0, 0.1) is 0 Å². The molecule has 4 nitrogen and oxygen atoms in total. The Morgan fingerprint density at radius 3 is 2.11 bits per heavy atom. The third-order valence-corrected chi connectivity index (χ3v) is 4.90. The maximum atomic E-state index is 4.71. The van der Waals surface area contributed by atoms with Gasteiger partial charge in [-0.15, -0.1) is 11.4 Å². The molecular weight excluding hydrogens is 396 g/mol. The molecule has 4 rings (SSSR count). The van der Waals surface area contributed by atoms with E-state index in [-0.39, 0.29) is 17.1 Å². The van der Waals surface area contributed by atoms with Crippen LogP contribution in [0.5, 0.6) is 0 Å². The van der Waals surface area contributed by atoms with Crippen LogP contribution in [0.25, 0.3) is 0 Å². The molecule has 5 heteroatoms. The third kappa shape index (κ3) is 5.82. The van der Waals surface area contributed by atoms with Gasteiger partial charge in [-0.1, -0.05) is 61.7 Å². The van der Waals surface area contributed by atoms with E-state index in [2.05, 4.69) is 21.0 Å². The Morgan fingerprint density at radius 2 is 1.43 bits per heavy atom. The van der Waals surface area contributed by atoms with Crippen LogP contribution < -0.4 is 9.97 Å². The van der Waals surface area contributed by atoms with Crippen LogP contribution in [0.1, 0.15) is 54.9 Å². The number of benzene rings is 1. The molecule has 0 aliphatic heterocycles. The first-order valence-corrected chi connectivity index (χ1v) is 9.73. The molecule has 0 amide bonds. The summed E-state index contributed by atoms with van der Waals surface area (Å²) in [6, 6.07) is 18.5. The SMILES string of the molecule is C(=Nc1ccccc1)c1ccc(Cc2ccc(C=NC3CCCCC3)[n-]2)[n-]1.[Cu+2]. The molecule has 1 aliphatic rings. The molecule has 0 bridgehead atoms. The molecule has 3 aromatic rings. The van der Waals surface area contributed by atoms with Gasteiger partial charge in [0.1, 0.15) is 0 Å². The van der Waals surface area contributed by atoms with Gasteiger partial charge in [0.05, 0.1) is 5.69 Å². The van der Waals surface area contributed by atoms with Crippen molar-refractivity contribution in [1.29, 1.82) is 0 Å². The van der Waals surface area contributed by atoms with Crippen LogP contribution in [-0.4, -0.2) is 18.5 Å². The Kier molecular flexibility index (Phi) is 7.46. The van der Waals surface area contributed by atoms with Gasteiger partial charge >= 0.3 is 17.1 Å². The van der Waals surface area contributed by atoms with Gasteiger partial charge in [0, 0.05) is 18.5 Å². The predicted molar refractivity (Wildman–Crippen MR) is 110 cm³/mol. The zero-order valence-electron chi connectivity index (χ0n) is 15.8. The van der Waals surface area contributed by atoms with Crippen molar-refractivity contribution >= 4 is 18.1 Å². The standard InChI is InChI=1S/C23H24N4.Cu/c1-3-7-18(8-4-1)24-16-22-13-11-20(26-22)15-21-12-14-23(27-21)17-25-19-9-5-2-6-10-19;/h1,3-4,7-8,11-14,16-17,19H,2,5-6,9-10,15H2;/q-2;+2. The minimum atomic E-state index is 0. The Bertz CT molecular complexity index is 902. The molecule has 2 aromatic heterocycles. The number of hydrogen-bond acceptors (Lipinski definition) is 2. The Labute approximate surface area is 177 Å². The third-order valence-electron chi connectivity index (χ3n) is 4.90. The summed E-state index contributed by atoms with van der Waals surface area (Å²) in [4.78, 5) is 18.5. The van der Waals surface area contributed by atoms with E-state index in [1.807, 2.05) is 54.7 Å². The Hall–Kier alpha value is -2.36. The van der Waals surface area contributed by atoms with E-state index in [9.17, 15) is 0 Å². The Morgan fingerprint density at radius 1 is 0.786 bits per heavy atom. The molecule has 1 fully saturated rings. The number of para-hydroxylation sites is 1. The van der Waals surface area contributed by atoms with Crippen molar-refractivity contribution in [3.63, 3.8) is 0 Å². The fraction of sp³-hybridized carbons (Fsp3) is 0.304. The summed E-state index contributed by atoms with van der Waals surface area (Å²) in [6.45, 7) is 0. The molecule has 1 aromatic carbocycles. The second-order valence-electron chi connectivity index (χ2n) is 7.06. The normalized spacial score (nSPS) is 15.3. The van der Waals surface area contributed by atoms with Gasteiger partial charge in [-0.2, -0.15) is 11.4 Å². The first-order chi connectivity index (χ1) is 13.3. The molecule has 0 unspecified atom stereocenters. The van der Waals surface area contributed by atoms with Crippen molar-refractivity contribution in [1.82, 2.24) is 9.97 Å². The van der Waals surface area contributed by atoms with Gasteiger partial charge in [0.15, 0.2) is 0 Å². The predicted octanol–water partition coefficient (Wildman–Crippen LogP) is 4.69. The van der Waals surface area contributed by atoms with Crippen molar-refractivity contribution in [2.24, 2.45) is 9.98 Å². The molecule has 0 spiro atoms. The minimum absolute atomic E-state index is 0. The monoisotopic (exact) mass is 419 g/mol. The fourth-order valence-electron chi connectivity index (χ4n) is 3.44. The second kappa shape index (κ2) is 10.3. The number of aromatic nitrogens is 2. The van der Waals surface area contributed by atoms with E-state index in [1.165, 1.54) is 32.1 Å². The molecule has 0 saturated heterocycles. The van der Waals surface area contributed by atoms with Crippen molar-refractivity contribution in [3.8, 4) is 0 Å². The maximum Gasteiger partial charge on any atom is 2.00 e. The van der Waals surface area contributed by atoms with Gasteiger partial charge in [-0.3, -0.25) is 9.98 Å². The first-order valence-electron chi connectivity index (χ1n) is 9.73. The summed E-state index contributed by atoms with van der Waals surface area (Å²) in [6.07, 6.45) is 10.9. The van der Waals surface area contributed by atoms with E-state index in [4.69, 9.17) is 4.99 Å². The zero-order valence-corrected chi connectivity index (χ0v) is 16.7. The molecule has 0 N–H and O–H groups in total. The van der Waals surface area contributed by atoms with E-state index in [0.717, 1.165) is 34.9 Å². The van der Waals surface area contributed by atoms with Crippen LogP contribution in [0.4, 0.5) is 5.69 Å². The van der Waals surface area contributed by atoms with Gasteiger partial charge < -0.3 is 9.97 Å². The van der Waals surface area contributed by atoms with Crippen LogP contribution in [0.15, 0.2) is 64.6 Å². The maximum absolute atomic E-state index is 4.71. The minimum Gasteiger partial charge on any atom is -0.660 e. The summed E-state index contributed by atoms with van der Waals surface area (Å²) in [5.41, 5.74) is 4.80. The first kappa shape index (κ1) is 20.4. The molecule has 28 heavy (non-hydrogen) atoms. The molecule has 1 radical (unpaired) electrons. The zero-order chi connectivity index (χ0) is 18.3. The smallest absolute Gasteiger partial charge is 0.660 e. The van der Waals surface area contributed by atoms with Gasteiger partial charge in [0.25, 0.3) is 0 Å². The summed E-state index contributed by atoms with van der Waals surface area (Å²) in [5.74, 6) is 0. The van der Waals surface area contributed by atoms with E-state index in [0.29, 0.717) is 6.04 Å². The molecule has 1 aliphatic carbocycles. The van der Waals surface area contributed by atoms with Crippen LogP contribution in [0.3, 0.4) is 0 Å². The fourth-order valence-corrected chi connectivity index (χ4v) is 3.44. The van der Waals surface area contributed by atoms with Gasteiger partial charge in [0.2, 0.25) is 0 Å². The van der Waals surface area contributed by atoms with Crippen molar-refractivity contribution < 1.29 is 17.1 Å². The largest absolute Gasteiger partial charge is 2.00 e. The number of rotatable bonds is 6. The van der Waals surface area contributed by atoms with Crippen molar-refractivity contribution in [2.45, 2.75) is 44.6 Å². The molecule has 0 atom stereocenters. The quantitative estimate of drug-likeness (QED) is 0.429. The summed E-state index contributed by atoms with van der Waals surface area (Å²) in [7, 11) is 0. The van der Waals surface area contributed by atoms with Crippen LogP contribution in [-0.2, 0) is 23.5 Å². The molecular formula is C23H24CuN4. The second-order valence-corrected chi connectivity index (χ2v) is 7.06. The molecule has 147 valence electrons. The van der Waals surface area contributed by atoms with Crippen LogP contribution in [0.2, 0.25) is 0 Å². The van der Waals surface area contributed by atoms with Crippen LogP contribution >= 0.6 is 0 Å². The van der Waals surface area contributed by atoms with E-state index < -0.39 is 0 Å². The van der Waals surface area contributed by atoms with Crippen molar-refractivity contribution in [3.05, 3.63) is 77.4 Å². The van der Waals surface area contributed by atoms with Crippen molar-refractivity contribution in [2.75, 3.05) is 0 Å². The van der Waals surface area contributed by atoms with E-state index >= 15 is 0 Å². The van der Waals surface area contributed by atoms with E-state index in [1.54, 1.807) is 6.21 Å². The average Bonchev–Trinajstić information content (AvgIpc) is 3.36. The molecule has 1 saturated carbocycles. The van der Waals surface area contributed by atoms with Gasteiger partial charge in [-0.25, -0.2) is 0 Å². The number of aliphatic imine (C=N–C) groups is 2.